The summed E-state index contributed by atoms with van der Waals surface area (Å²) < 4.78 is 10.9. The van der Waals surface area contributed by atoms with Gasteiger partial charge in [0.05, 0.1) is 42.1 Å². The van der Waals surface area contributed by atoms with E-state index in [1.807, 2.05) is 48.5 Å². The highest BCUT2D eigenvalue weighted by atomic mass is 35.5. The van der Waals surface area contributed by atoms with Gasteiger partial charge in [0.25, 0.3) is 5.91 Å². The van der Waals surface area contributed by atoms with Crippen molar-refractivity contribution in [1.82, 2.24) is 14.7 Å². The lowest BCUT2D eigenvalue weighted by atomic mass is 10.1. The summed E-state index contributed by atoms with van der Waals surface area (Å²) >= 11 is 12.5. The number of carbonyl (C=O) groups is 4. The highest BCUT2D eigenvalue weighted by Gasteiger charge is 2.29. The minimum atomic E-state index is -0.480. The molecule has 4 aromatic rings. The first kappa shape index (κ1) is 36.2. The number of carbonyl (C=O) groups excluding carboxylic acids is 4. The van der Waals surface area contributed by atoms with Crippen molar-refractivity contribution in [3.05, 3.63) is 123 Å². The number of anilines is 1. The molecule has 260 valence electrons. The molecular formula is C38H38Cl2N4O6. The number of methoxy groups -OCH3 is 2. The van der Waals surface area contributed by atoms with Crippen molar-refractivity contribution in [3.63, 3.8) is 0 Å². The van der Waals surface area contributed by atoms with E-state index in [9.17, 15) is 19.2 Å². The molecule has 1 aliphatic heterocycles. The Labute approximate surface area is 301 Å². The summed E-state index contributed by atoms with van der Waals surface area (Å²) in [6, 6.07) is 26.5. The van der Waals surface area contributed by atoms with Gasteiger partial charge in [0.2, 0.25) is 17.7 Å². The first-order valence-electron chi connectivity index (χ1n) is 16.1. The third-order valence-electron chi connectivity index (χ3n) is 8.42. The van der Waals surface area contributed by atoms with E-state index in [0.29, 0.717) is 39.9 Å². The molecule has 0 aromatic heterocycles. The predicted molar refractivity (Wildman–Crippen MR) is 193 cm³/mol. The highest BCUT2D eigenvalue weighted by molar-refractivity contribution is 6.42. The first-order chi connectivity index (χ1) is 24.1. The lowest BCUT2D eigenvalue weighted by molar-refractivity contribution is -0.142. The van der Waals surface area contributed by atoms with Crippen LogP contribution in [0.25, 0.3) is 0 Å². The number of hydrogen-bond donors (Lipinski definition) is 1. The van der Waals surface area contributed by atoms with E-state index in [1.54, 1.807) is 56.7 Å². The highest BCUT2D eigenvalue weighted by Crippen LogP contribution is 2.25. The summed E-state index contributed by atoms with van der Waals surface area (Å²) in [5, 5.41) is 3.49. The van der Waals surface area contributed by atoms with Crippen LogP contribution in [-0.4, -0.2) is 85.3 Å². The van der Waals surface area contributed by atoms with Gasteiger partial charge in [-0.1, -0.05) is 71.7 Å². The van der Waals surface area contributed by atoms with Gasteiger partial charge >= 0.3 is 0 Å². The average Bonchev–Trinajstić information content (AvgIpc) is 3.13. The fraction of sp³-hybridized carbons (Fsp3) is 0.263. The molecule has 5 rings (SSSR count). The van der Waals surface area contributed by atoms with E-state index in [2.05, 4.69) is 5.32 Å². The maximum atomic E-state index is 14.2. The molecule has 1 aliphatic rings. The molecule has 50 heavy (non-hydrogen) atoms. The van der Waals surface area contributed by atoms with E-state index < -0.39 is 23.6 Å². The van der Waals surface area contributed by atoms with Gasteiger partial charge in [0.15, 0.2) is 0 Å². The molecular weight excluding hydrogens is 679 g/mol. The van der Waals surface area contributed by atoms with Crippen LogP contribution in [0.3, 0.4) is 0 Å². The number of benzene rings is 4. The molecule has 0 aliphatic carbocycles. The van der Waals surface area contributed by atoms with Gasteiger partial charge in [-0.15, -0.1) is 0 Å². The molecule has 0 saturated carbocycles. The Hall–Kier alpha value is -5.06. The van der Waals surface area contributed by atoms with Crippen LogP contribution in [0.2, 0.25) is 10.0 Å². The number of para-hydroxylation sites is 2. The molecule has 0 spiro atoms. The second kappa shape index (κ2) is 17.0. The van der Waals surface area contributed by atoms with Crippen LogP contribution >= 0.6 is 23.2 Å². The third-order valence-corrected chi connectivity index (χ3v) is 9.16. The zero-order valence-corrected chi connectivity index (χ0v) is 29.4. The minimum Gasteiger partial charge on any atom is -0.497 e. The monoisotopic (exact) mass is 716 g/mol. The Morgan fingerprint density at radius 3 is 2.16 bits per heavy atom. The Balaban J connectivity index is 1.50. The Morgan fingerprint density at radius 1 is 0.660 bits per heavy atom. The number of halogens is 2. The van der Waals surface area contributed by atoms with E-state index in [0.717, 1.165) is 11.1 Å². The van der Waals surface area contributed by atoms with Crippen molar-refractivity contribution in [2.75, 3.05) is 52.3 Å². The fourth-order valence-corrected chi connectivity index (χ4v) is 6.05. The smallest absolute Gasteiger partial charge is 0.256 e. The lowest BCUT2D eigenvalue weighted by Gasteiger charge is -2.29. The number of ether oxygens (including phenoxy) is 2. The molecule has 12 heteroatoms. The molecule has 1 N–H and O–H groups in total. The van der Waals surface area contributed by atoms with E-state index >= 15 is 0 Å². The van der Waals surface area contributed by atoms with Gasteiger partial charge in [0, 0.05) is 19.6 Å². The van der Waals surface area contributed by atoms with Crippen LogP contribution in [0.1, 0.15) is 27.0 Å². The van der Waals surface area contributed by atoms with Crippen molar-refractivity contribution in [1.29, 1.82) is 0 Å². The summed E-state index contributed by atoms with van der Waals surface area (Å²) in [6.07, 6.45) is 0.824. The zero-order valence-electron chi connectivity index (χ0n) is 27.9. The molecule has 0 radical (unpaired) electrons. The zero-order chi connectivity index (χ0) is 35.6. The quantitative estimate of drug-likeness (QED) is 0.224. The van der Waals surface area contributed by atoms with Gasteiger partial charge < -0.3 is 29.5 Å². The Bertz CT molecular complexity index is 1870. The number of amides is 4. The standard InChI is InChI=1S/C38H38Cl2N4O6/c1-49-29-10-7-8-26(20-29)16-18-42-23-35(45)41-33-12-5-4-11-30(33)38(48)43(19-17-28-9-3-6-13-34(28)50-2)24-37(47)44(25-36(42)46)22-27-14-15-31(39)32(40)21-27/h3-15,20-21H,16-19,22-25H2,1-2H3,(H,41,45). The van der Waals surface area contributed by atoms with Crippen LogP contribution in [0.15, 0.2) is 91.0 Å². The molecule has 1 heterocycles. The molecule has 10 nitrogen and oxygen atoms in total. The molecule has 0 unspecified atom stereocenters. The normalized spacial score (nSPS) is 14.4. The predicted octanol–water partition coefficient (Wildman–Crippen LogP) is 5.75. The van der Waals surface area contributed by atoms with Gasteiger partial charge in [-0.3, -0.25) is 19.2 Å². The SMILES string of the molecule is COc1cccc(CCN2CC(=O)Nc3ccccc3C(=O)N(CCc3ccccc3OC)CC(=O)N(Cc3ccc(Cl)c(Cl)c3)CC2=O)c1. The van der Waals surface area contributed by atoms with Crippen LogP contribution in [0.5, 0.6) is 11.5 Å². The summed E-state index contributed by atoms with van der Waals surface area (Å²) in [6.45, 7) is -0.588. The molecule has 4 amide bonds. The maximum absolute atomic E-state index is 14.2. The minimum absolute atomic E-state index is 0.0164. The number of hydrogen-bond acceptors (Lipinski definition) is 6. The third kappa shape index (κ3) is 9.34. The molecule has 4 aromatic carbocycles. The van der Waals surface area contributed by atoms with Gasteiger partial charge in [-0.25, -0.2) is 0 Å². The van der Waals surface area contributed by atoms with Gasteiger partial charge in [-0.05, 0) is 72.0 Å². The van der Waals surface area contributed by atoms with Crippen LogP contribution in [0.4, 0.5) is 5.69 Å². The number of fused-ring (bicyclic) bond motifs is 1. The molecule has 0 saturated heterocycles. The topological polar surface area (TPSA) is 108 Å². The second-order valence-electron chi connectivity index (χ2n) is 11.8. The van der Waals surface area contributed by atoms with Crippen molar-refractivity contribution in [2.45, 2.75) is 19.4 Å². The Kier molecular flexibility index (Phi) is 12.4. The number of nitrogens with one attached hydrogen (secondary N) is 1. The molecule has 0 atom stereocenters. The van der Waals surface area contributed by atoms with Crippen LogP contribution in [0, 0.1) is 0 Å². The van der Waals surface area contributed by atoms with Crippen molar-refractivity contribution >= 4 is 52.5 Å². The number of nitrogens with zero attached hydrogens (tertiary/aromatic N) is 3. The maximum Gasteiger partial charge on any atom is 0.256 e. The molecule has 0 bridgehead atoms. The summed E-state index contributed by atoms with van der Waals surface area (Å²) in [5.41, 5.74) is 2.91. The number of rotatable bonds is 10. The van der Waals surface area contributed by atoms with Crippen molar-refractivity contribution in [3.8, 4) is 11.5 Å². The van der Waals surface area contributed by atoms with Crippen LogP contribution in [-0.2, 0) is 33.8 Å². The Morgan fingerprint density at radius 2 is 1.38 bits per heavy atom. The van der Waals surface area contributed by atoms with Crippen molar-refractivity contribution in [2.24, 2.45) is 0 Å². The van der Waals surface area contributed by atoms with Gasteiger partial charge in [0.1, 0.15) is 24.6 Å². The van der Waals surface area contributed by atoms with E-state index in [1.165, 1.54) is 14.7 Å². The largest absolute Gasteiger partial charge is 0.497 e. The molecule has 0 fully saturated rings. The summed E-state index contributed by atoms with van der Waals surface area (Å²) in [5.74, 6) is -0.486. The van der Waals surface area contributed by atoms with E-state index in [4.69, 9.17) is 32.7 Å². The van der Waals surface area contributed by atoms with E-state index in [-0.39, 0.29) is 50.5 Å². The first-order valence-corrected chi connectivity index (χ1v) is 16.8. The average molecular weight is 718 g/mol. The second-order valence-corrected chi connectivity index (χ2v) is 12.6. The van der Waals surface area contributed by atoms with Gasteiger partial charge in [-0.2, -0.15) is 0 Å². The van der Waals surface area contributed by atoms with Crippen LogP contribution < -0.4 is 14.8 Å². The van der Waals surface area contributed by atoms with Crippen molar-refractivity contribution < 1.29 is 28.7 Å². The fourth-order valence-electron chi connectivity index (χ4n) is 5.73. The summed E-state index contributed by atoms with van der Waals surface area (Å²) in [7, 11) is 3.15. The lowest BCUT2D eigenvalue weighted by Crippen LogP contribution is -2.48. The summed E-state index contributed by atoms with van der Waals surface area (Å²) in [4.78, 5) is 60.2.